The van der Waals surface area contributed by atoms with Gasteiger partial charge in [0.15, 0.2) is 0 Å². The van der Waals surface area contributed by atoms with Gasteiger partial charge in [-0.05, 0) is 39.5 Å². The Labute approximate surface area is 171 Å². The number of nitrogens with one attached hydrogen (secondary N) is 3. The summed E-state index contributed by atoms with van der Waals surface area (Å²) in [6.45, 7) is 3.65. The van der Waals surface area contributed by atoms with Crippen LogP contribution in [0.3, 0.4) is 0 Å². The lowest BCUT2D eigenvalue weighted by molar-refractivity contribution is -0.124. The SMILES string of the molecule is CC(C)C(NC(=O)OCc1ccccc1)C(=O)NNC(=O)c1ccccc1Br. The number of alkyl carbamates (subject to hydrolysis) is 1. The molecule has 3 amide bonds. The number of carbonyl (C=O) groups excluding carboxylic acids is 3. The van der Waals surface area contributed by atoms with Crippen molar-refractivity contribution in [3.63, 3.8) is 0 Å². The van der Waals surface area contributed by atoms with Gasteiger partial charge in [0, 0.05) is 4.47 Å². The van der Waals surface area contributed by atoms with E-state index in [1.165, 1.54) is 0 Å². The molecule has 0 aliphatic carbocycles. The van der Waals surface area contributed by atoms with Gasteiger partial charge in [-0.2, -0.15) is 0 Å². The summed E-state index contributed by atoms with van der Waals surface area (Å²) >= 11 is 3.28. The van der Waals surface area contributed by atoms with E-state index in [4.69, 9.17) is 4.74 Å². The summed E-state index contributed by atoms with van der Waals surface area (Å²) in [7, 11) is 0. The number of ether oxygens (including phenoxy) is 1. The van der Waals surface area contributed by atoms with Gasteiger partial charge in [-0.3, -0.25) is 20.4 Å². The lowest BCUT2D eigenvalue weighted by Gasteiger charge is -2.21. The Hall–Kier alpha value is -2.87. The van der Waals surface area contributed by atoms with E-state index in [0.29, 0.717) is 10.0 Å². The van der Waals surface area contributed by atoms with Gasteiger partial charge < -0.3 is 10.1 Å². The predicted molar refractivity (Wildman–Crippen MR) is 108 cm³/mol. The van der Waals surface area contributed by atoms with E-state index in [-0.39, 0.29) is 12.5 Å². The Bertz CT molecular complexity index is 827. The lowest BCUT2D eigenvalue weighted by Crippen LogP contribution is -2.54. The van der Waals surface area contributed by atoms with Crippen LogP contribution in [0.2, 0.25) is 0 Å². The maximum atomic E-state index is 12.4. The summed E-state index contributed by atoms with van der Waals surface area (Å²) in [5.41, 5.74) is 5.90. The molecule has 0 saturated carbocycles. The Morgan fingerprint density at radius 3 is 2.25 bits per heavy atom. The zero-order chi connectivity index (χ0) is 20.5. The van der Waals surface area contributed by atoms with Gasteiger partial charge in [0.05, 0.1) is 5.56 Å². The van der Waals surface area contributed by atoms with Crippen molar-refractivity contribution in [2.24, 2.45) is 5.92 Å². The first-order valence-corrected chi connectivity index (χ1v) is 9.49. The molecule has 0 fully saturated rings. The summed E-state index contributed by atoms with van der Waals surface area (Å²) in [5.74, 6) is -1.24. The van der Waals surface area contributed by atoms with Crippen LogP contribution in [0.1, 0.15) is 29.8 Å². The Morgan fingerprint density at radius 2 is 1.61 bits per heavy atom. The molecule has 0 aliphatic heterocycles. The minimum Gasteiger partial charge on any atom is -0.445 e. The normalized spacial score (nSPS) is 11.4. The number of hydrogen-bond donors (Lipinski definition) is 3. The molecule has 8 heteroatoms. The fraction of sp³-hybridized carbons (Fsp3) is 0.250. The van der Waals surface area contributed by atoms with Gasteiger partial charge in [0.2, 0.25) is 0 Å². The highest BCUT2D eigenvalue weighted by molar-refractivity contribution is 9.10. The number of benzene rings is 2. The van der Waals surface area contributed by atoms with Crippen LogP contribution in [0, 0.1) is 5.92 Å². The number of hydrazine groups is 1. The molecule has 2 aromatic carbocycles. The fourth-order valence-electron chi connectivity index (χ4n) is 2.34. The summed E-state index contributed by atoms with van der Waals surface area (Å²) < 4.78 is 5.75. The zero-order valence-corrected chi connectivity index (χ0v) is 17.2. The van der Waals surface area contributed by atoms with Gasteiger partial charge in [0.1, 0.15) is 12.6 Å². The number of carbonyl (C=O) groups is 3. The molecular formula is C20H22BrN3O4. The van der Waals surface area contributed by atoms with Crippen LogP contribution in [0.4, 0.5) is 4.79 Å². The second kappa shape index (κ2) is 10.5. The molecule has 0 aliphatic rings. The van der Waals surface area contributed by atoms with Gasteiger partial charge in [0.25, 0.3) is 11.8 Å². The van der Waals surface area contributed by atoms with Crippen molar-refractivity contribution >= 4 is 33.8 Å². The van der Waals surface area contributed by atoms with E-state index in [1.54, 1.807) is 38.1 Å². The third-order valence-electron chi connectivity index (χ3n) is 3.85. The van der Waals surface area contributed by atoms with Crippen molar-refractivity contribution in [2.45, 2.75) is 26.5 Å². The third kappa shape index (κ3) is 6.38. The average molecular weight is 448 g/mol. The third-order valence-corrected chi connectivity index (χ3v) is 4.54. The molecule has 0 heterocycles. The Morgan fingerprint density at radius 1 is 0.964 bits per heavy atom. The molecule has 0 aromatic heterocycles. The van der Waals surface area contributed by atoms with Crippen molar-refractivity contribution < 1.29 is 19.1 Å². The molecule has 1 atom stereocenters. The molecule has 28 heavy (non-hydrogen) atoms. The predicted octanol–water partition coefficient (Wildman–Crippen LogP) is 3.16. The molecule has 0 spiro atoms. The van der Waals surface area contributed by atoms with Gasteiger partial charge >= 0.3 is 6.09 Å². The highest BCUT2D eigenvalue weighted by Crippen LogP contribution is 2.15. The van der Waals surface area contributed by atoms with Crippen molar-refractivity contribution in [2.75, 3.05) is 0 Å². The standard InChI is InChI=1S/C20H22BrN3O4/c1-13(2)17(22-20(27)28-12-14-8-4-3-5-9-14)19(26)24-23-18(25)15-10-6-7-11-16(15)21/h3-11,13,17H,12H2,1-2H3,(H,22,27)(H,23,25)(H,24,26). The van der Waals surface area contributed by atoms with Crippen molar-refractivity contribution in [1.29, 1.82) is 0 Å². The second-order valence-electron chi connectivity index (χ2n) is 6.35. The Balaban J connectivity index is 1.88. The van der Waals surface area contributed by atoms with E-state index in [2.05, 4.69) is 32.1 Å². The van der Waals surface area contributed by atoms with Crippen molar-refractivity contribution in [3.05, 3.63) is 70.2 Å². The molecule has 1 unspecified atom stereocenters. The van der Waals surface area contributed by atoms with Gasteiger partial charge in [-0.25, -0.2) is 4.79 Å². The largest absolute Gasteiger partial charge is 0.445 e. The first-order valence-electron chi connectivity index (χ1n) is 8.70. The molecule has 0 radical (unpaired) electrons. The first-order chi connectivity index (χ1) is 13.4. The molecule has 0 saturated heterocycles. The van der Waals surface area contributed by atoms with E-state index < -0.39 is 23.9 Å². The molecule has 148 valence electrons. The minimum absolute atomic E-state index is 0.0951. The zero-order valence-electron chi connectivity index (χ0n) is 15.6. The number of hydrogen-bond acceptors (Lipinski definition) is 4. The quantitative estimate of drug-likeness (QED) is 0.592. The number of rotatable bonds is 6. The lowest BCUT2D eigenvalue weighted by atomic mass is 10.0. The number of halogens is 1. The van der Waals surface area contributed by atoms with E-state index in [1.807, 2.05) is 30.3 Å². The van der Waals surface area contributed by atoms with Gasteiger partial charge in [-0.1, -0.05) is 56.3 Å². The topological polar surface area (TPSA) is 96.5 Å². The molecule has 3 N–H and O–H groups in total. The summed E-state index contributed by atoms with van der Waals surface area (Å²) in [6.07, 6.45) is -0.713. The smallest absolute Gasteiger partial charge is 0.408 e. The van der Waals surface area contributed by atoms with Crippen LogP contribution in [0.25, 0.3) is 0 Å². The number of amides is 3. The van der Waals surface area contributed by atoms with Crippen LogP contribution in [0.15, 0.2) is 59.1 Å². The molecular weight excluding hydrogens is 426 g/mol. The van der Waals surface area contributed by atoms with Crippen molar-refractivity contribution in [3.8, 4) is 0 Å². The molecule has 2 aromatic rings. The average Bonchev–Trinajstić information content (AvgIpc) is 2.69. The van der Waals surface area contributed by atoms with Crippen molar-refractivity contribution in [1.82, 2.24) is 16.2 Å². The second-order valence-corrected chi connectivity index (χ2v) is 7.21. The fourth-order valence-corrected chi connectivity index (χ4v) is 2.80. The summed E-state index contributed by atoms with van der Waals surface area (Å²) in [6, 6.07) is 15.2. The molecule has 0 bridgehead atoms. The van der Waals surface area contributed by atoms with Gasteiger partial charge in [-0.15, -0.1) is 0 Å². The van der Waals surface area contributed by atoms with E-state index >= 15 is 0 Å². The highest BCUT2D eigenvalue weighted by Gasteiger charge is 2.25. The monoisotopic (exact) mass is 447 g/mol. The molecule has 2 rings (SSSR count). The maximum Gasteiger partial charge on any atom is 0.408 e. The summed E-state index contributed by atoms with van der Waals surface area (Å²) in [4.78, 5) is 36.6. The van der Waals surface area contributed by atoms with Crippen LogP contribution < -0.4 is 16.2 Å². The van der Waals surface area contributed by atoms with E-state index in [9.17, 15) is 14.4 Å². The minimum atomic E-state index is -0.872. The van der Waals surface area contributed by atoms with Crippen LogP contribution in [0.5, 0.6) is 0 Å². The Kier molecular flexibility index (Phi) is 8.01. The first kappa shape index (κ1) is 21.4. The maximum absolute atomic E-state index is 12.4. The van der Waals surface area contributed by atoms with E-state index in [0.717, 1.165) is 5.56 Å². The summed E-state index contributed by atoms with van der Waals surface area (Å²) in [5, 5.41) is 2.53. The van der Waals surface area contributed by atoms with Crippen LogP contribution >= 0.6 is 15.9 Å². The van der Waals surface area contributed by atoms with Crippen LogP contribution in [-0.4, -0.2) is 23.9 Å². The highest BCUT2D eigenvalue weighted by atomic mass is 79.9. The van der Waals surface area contributed by atoms with Crippen LogP contribution in [-0.2, 0) is 16.1 Å². The molecule has 7 nitrogen and oxygen atoms in total.